The summed E-state index contributed by atoms with van der Waals surface area (Å²) in [5.41, 5.74) is 4.95. The number of ether oxygens (including phenoxy) is 1. The van der Waals surface area contributed by atoms with Crippen LogP contribution < -0.4 is 0 Å². The molecule has 4 heteroatoms. The Labute approximate surface area is 188 Å². The number of hydrogen-bond acceptors (Lipinski definition) is 3. The molecular formula is C26H32BrNO2. The van der Waals surface area contributed by atoms with Gasteiger partial charge in [-0.05, 0) is 84.3 Å². The Balaban J connectivity index is 1.38. The zero-order chi connectivity index (χ0) is 20.9. The van der Waals surface area contributed by atoms with Crippen molar-refractivity contribution in [2.24, 2.45) is 28.6 Å². The first-order valence-electron chi connectivity index (χ1n) is 11.5. The molecule has 0 spiro atoms. The first kappa shape index (κ1) is 20.5. The number of nitrogens with zero attached hydrogens (tertiary/aromatic N) is 1. The molecule has 0 bridgehead atoms. The molecular weight excluding hydrogens is 438 g/mol. The van der Waals surface area contributed by atoms with Crippen molar-refractivity contribution < 1.29 is 9.53 Å². The van der Waals surface area contributed by atoms with Crippen LogP contribution in [0.1, 0.15) is 64.4 Å². The summed E-state index contributed by atoms with van der Waals surface area (Å²) in [5.74, 6) is 2.10. The first-order chi connectivity index (χ1) is 14.5. The largest absolute Gasteiger partial charge is 0.461 e. The highest BCUT2D eigenvalue weighted by Gasteiger charge is 2.57. The molecule has 1 heterocycles. The van der Waals surface area contributed by atoms with E-state index >= 15 is 0 Å². The molecule has 0 aromatic carbocycles. The number of halogens is 1. The quantitative estimate of drug-likeness (QED) is 0.294. The lowest BCUT2D eigenvalue weighted by Crippen LogP contribution is -2.50. The normalized spacial score (nSPS) is 39.8. The highest BCUT2D eigenvalue weighted by molar-refractivity contribution is 9.09. The van der Waals surface area contributed by atoms with Crippen molar-refractivity contribution in [3.05, 3.63) is 47.8 Å². The number of carbonyl (C=O) groups excluding carboxylic acids is 1. The molecule has 0 N–H and O–H groups in total. The third-order valence-corrected chi connectivity index (χ3v) is 9.48. The summed E-state index contributed by atoms with van der Waals surface area (Å²) in [6.07, 6.45) is 17.0. The number of aromatic nitrogens is 1. The average Bonchev–Trinajstić information content (AvgIpc) is 3.11. The van der Waals surface area contributed by atoms with Crippen LogP contribution in [-0.2, 0) is 9.53 Å². The zero-order valence-electron chi connectivity index (χ0n) is 18.1. The van der Waals surface area contributed by atoms with Crippen LogP contribution in [0.25, 0.3) is 5.57 Å². The Kier molecular flexibility index (Phi) is 5.20. The van der Waals surface area contributed by atoms with Crippen molar-refractivity contribution in [2.45, 2.75) is 64.9 Å². The lowest BCUT2D eigenvalue weighted by molar-refractivity contribution is -0.147. The van der Waals surface area contributed by atoms with Gasteiger partial charge in [0.25, 0.3) is 0 Å². The van der Waals surface area contributed by atoms with E-state index in [2.05, 4.69) is 59.0 Å². The number of esters is 1. The van der Waals surface area contributed by atoms with Crippen LogP contribution in [0.5, 0.6) is 0 Å². The smallest absolute Gasteiger partial charge is 0.316 e. The van der Waals surface area contributed by atoms with E-state index < -0.39 is 0 Å². The maximum Gasteiger partial charge on any atom is 0.316 e. The highest BCUT2D eigenvalue weighted by atomic mass is 79.9. The second-order valence-corrected chi connectivity index (χ2v) is 10.9. The number of allylic oxidation sites excluding steroid dienone is 3. The van der Waals surface area contributed by atoms with Gasteiger partial charge in [0.15, 0.2) is 0 Å². The van der Waals surface area contributed by atoms with E-state index in [1.165, 1.54) is 36.8 Å². The van der Waals surface area contributed by atoms with E-state index in [1.54, 1.807) is 5.57 Å². The van der Waals surface area contributed by atoms with Gasteiger partial charge in [0.05, 0.1) is 0 Å². The lowest BCUT2D eigenvalue weighted by Gasteiger charge is -2.57. The monoisotopic (exact) mass is 469 g/mol. The van der Waals surface area contributed by atoms with Crippen LogP contribution >= 0.6 is 15.9 Å². The van der Waals surface area contributed by atoms with Gasteiger partial charge in [-0.25, -0.2) is 0 Å². The summed E-state index contributed by atoms with van der Waals surface area (Å²) >= 11 is 3.22. The Morgan fingerprint density at radius 1 is 1.17 bits per heavy atom. The lowest BCUT2D eigenvalue weighted by atomic mass is 9.47. The standard InChI is InChI=1S/C26H32BrNO2/c1-25-11-9-19(30-24(29)15-27)14-18(25)5-6-20-22-8-7-21(17-4-3-13-28-16-17)26(22,2)12-10-23(20)25/h3-5,7,13,16,19-20,22-23H,6,8-12,14-15H2,1-2H3/t19-,20?,22?,23?,25-,26+/m0/s1. The predicted molar refractivity (Wildman–Crippen MR) is 123 cm³/mol. The molecule has 4 aliphatic rings. The summed E-state index contributed by atoms with van der Waals surface area (Å²) in [5, 5.41) is 0.289. The molecule has 2 saturated carbocycles. The highest BCUT2D eigenvalue weighted by Crippen LogP contribution is 2.66. The van der Waals surface area contributed by atoms with Gasteiger partial charge in [-0.15, -0.1) is 0 Å². The fraction of sp³-hybridized carbons (Fsp3) is 0.615. The minimum atomic E-state index is -0.133. The molecule has 3 nitrogen and oxygen atoms in total. The van der Waals surface area contributed by atoms with Crippen LogP contribution in [-0.4, -0.2) is 22.4 Å². The topological polar surface area (TPSA) is 39.2 Å². The molecule has 1 aromatic rings. The van der Waals surface area contributed by atoms with Crippen molar-refractivity contribution in [1.82, 2.24) is 4.98 Å². The summed E-state index contributed by atoms with van der Waals surface area (Å²) < 4.78 is 5.68. The van der Waals surface area contributed by atoms with E-state index in [4.69, 9.17) is 4.74 Å². The number of alkyl halides is 1. The molecule has 4 aliphatic carbocycles. The molecule has 5 rings (SSSR count). The third-order valence-electron chi connectivity index (χ3n) is 9.02. The summed E-state index contributed by atoms with van der Waals surface area (Å²) in [7, 11) is 0. The second kappa shape index (κ2) is 7.62. The fourth-order valence-corrected chi connectivity index (χ4v) is 7.61. The minimum absolute atomic E-state index is 0.0603. The maximum absolute atomic E-state index is 11.8. The van der Waals surface area contributed by atoms with Gasteiger partial charge >= 0.3 is 5.97 Å². The van der Waals surface area contributed by atoms with E-state index in [-0.39, 0.29) is 28.2 Å². The molecule has 0 saturated heterocycles. The van der Waals surface area contributed by atoms with Gasteiger partial charge in [-0.1, -0.05) is 53.6 Å². The van der Waals surface area contributed by atoms with Crippen LogP contribution in [0.2, 0.25) is 0 Å². The van der Waals surface area contributed by atoms with E-state index in [0.717, 1.165) is 37.0 Å². The van der Waals surface area contributed by atoms with Gasteiger partial charge < -0.3 is 4.74 Å². The summed E-state index contributed by atoms with van der Waals surface area (Å²) in [4.78, 5) is 16.1. The Morgan fingerprint density at radius 3 is 2.77 bits per heavy atom. The number of hydrogen-bond donors (Lipinski definition) is 0. The molecule has 160 valence electrons. The fourth-order valence-electron chi connectivity index (χ4n) is 7.48. The molecule has 30 heavy (non-hydrogen) atoms. The second-order valence-electron chi connectivity index (χ2n) is 10.3. The average molecular weight is 470 g/mol. The first-order valence-corrected chi connectivity index (χ1v) is 12.6. The predicted octanol–water partition coefficient (Wildman–Crippen LogP) is 6.34. The van der Waals surface area contributed by atoms with Crippen LogP contribution in [0.15, 0.2) is 42.3 Å². The number of pyridine rings is 1. The number of fused-ring (bicyclic) bond motifs is 5. The Hall–Kier alpha value is -1.42. The van der Waals surface area contributed by atoms with Crippen molar-refractivity contribution in [3.8, 4) is 0 Å². The molecule has 3 unspecified atom stereocenters. The molecule has 0 aliphatic heterocycles. The van der Waals surface area contributed by atoms with Gasteiger partial charge in [-0.3, -0.25) is 9.78 Å². The molecule has 0 amide bonds. The number of carbonyl (C=O) groups is 1. The van der Waals surface area contributed by atoms with Crippen LogP contribution in [0.3, 0.4) is 0 Å². The molecule has 2 fully saturated rings. The summed E-state index contributed by atoms with van der Waals surface area (Å²) in [6.45, 7) is 5.02. The van der Waals surface area contributed by atoms with Crippen LogP contribution in [0.4, 0.5) is 0 Å². The van der Waals surface area contributed by atoms with Crippen LogP contribution in [0, 0.1) is 28.6 Å². The molecule has 6 atom stereocenters. The summed E-state index contributed by atoms with van der Waals surface area (Å²) in [6, 6.07) is 4.30. The molecule has 0 radical (unpaired) electrons. The minimum Gasteiger partial charge on any atom is -0.461 e. The third kappa shape index (κ3) is 3.13. The van der Waals surface area contributed by atoms with E-state index in [1.807, 2.05) is 12.4 Å². The van der Waals surface area contributed by atoms with E-state index in [9.17, 15) is 4.79 Å². The molecule has 1 aromatic heterocycles. The van der Waals surface area contributed by atoms with Gasteiger partial charge in [0, 0.05) is 18.8 Å². The van der Waals surface area contributed by atoms with E-state index in [0.29, 0.717) is 0 Å². The van der Waals surface area contributed by atoms with Gasteiger partial charge in [-0.2, -0.15) is 0 Å². The maximum atomic E-state index is 11.8. The van der Waals surface area contributed by atoms with Crippen molar-refractivity contribution in [1.29, 1.82) is 0 Å². The van der Waals surface area contributed by atoms with Crippen molar-refractivity contribution in [2.75, 3.05) is 5.33 Å². The SMILES string of the molecule is C[C@]12CC[C@H](OC(=O)CBr)CC1=CCC1C2CC[C@]2(C)C(c3cccnc3)=CCC12. The number of rotatable bonds is 3. The van der Waals surface area contributed by atoms with Gasteiger partial charge in [0.1, 0.15) is 11.4 Å². The zero-order valence-corrected chi connectivity index (χ0v) is 19.7. The Bertz CT molecular complexity index is 894. The van der Waals surface area contributed by atoms with Gasteiger partial charge in [0.2, 0.25) is 0 Å². The Morgan fingerprint density at radius 2 is 2.00 bits per heavy atom. The van der Waals surface area contributed by atoms with Crippen molar-refractivity contribution in [3.63, 3.8) is 0 Å². The van der Waals surface area contributed by atoms with Crippen molar-refractivity contribution >= 4 is 27.5 Å².